The maximum atomic E-state index is 15.0. The summed E-state index contributed by atoms with van der Waals surface area (Å²) in [7, 11) is 0. The Morgan fingerprint density at radius 3 is 2.32 bits per heavy atom. The van der Waals surface area contributed by atoms with Crippen molar-refractivity contribution in [3.8, 4) is 0 Å². The van der Waals surface area contributed by atoms with Gasteiger partial charge in [-0.3, -0.25) is 4.79 Å². The van der Waals surface area contributed by atoms with Gasteiger partial charge in [0.05, 0.1) is 21.6 Å². The monoisotopic (exact) mass is 410 g/mol. The number of anilines is 1. The van der Waals surface area contributed by atoms with Crippen molar-refractivity contribution in [1.29, 1.82) is 0 Å². The number of aromatic nitrogens is 1. The lowest BCUT2D eigenvalue weighted by Crippen LogP contribution is -2.24. The van der Waals surface area contributed by atoms with Crippen LogP contribution >= 0.6 is 11.6 Å². The fraction of sp³-hybridized carbons (Fsp3) is 0.474. The number of carbonyl (C=O) groups is 1. The largest absolute Gasteiger partial charge is 0.477 e. The molecule has 0 amide bonds. The molecule has 1 aromatic heterocycles. The number of halogens is 2. The molecule has 2 fully saturated rings. The number of hydrogen-bond donors (Lipinski definition) is 3. The zero-order chi connectivity index (χ0) is 20.2. The minimum Gasteiger partial charge on any atom is -0.477 e. The van der Waals surface area contributed by atoms with Gasteiger partial charge in [0.2, 0.25) is 5.43 Å². The number of benzene rings is 1. The van der Waals surface area contributed by atoms with E-state index in [1.54, 1.807) is 9.47 Å². The molecule has 2 heterocycles. The van der Waals surface area contributed by atoms with Crippen molar-refractivity contribution in [2.45, 2.75) is 18.9 Å². The molecule has 28 heavy (non-hydrogen) atoms. The van der Waals surface area contributed by atoms with Crippen LogP contribution < -0.4 is 10.3 Å². The highest BCUT2D eigenvalue weighted by Crippen LogP contribution is 2.43. The Hall–Kier alpha value is -2.16. The summed E-state index contributed by atoms with van der Waals surface area (Å²) in [6.07, 6.45) is 2.93. The van der Waals surface area contributed by atoms with Gasteiger partial charge in [-0.25, -0.2) is 9.18 Å². The standard InChI is InChI=1S/C19H20ClFN2O5/c20-15-16-12(18(26)13(19(27)28)6-23(16)11-1-2-11)3-14(21)17(15)22-4-9(7-24)10(5-22)8-25/h3,6,9-11,24-25H,1-2,4-5,7-8H2,(H,27,28)/t9-,10+. The second-order valence-electron chi connectivity index (χ2n) is 7.52. The normalized spacial score (nSPS) is 22.2. The summed E-state index contributed by atoms with van der Waals surface area (Å²) in [5, 5.41) is 28.4. The van der Waals surface area contributed by atoms with Gasteiger partial charge in [-0.05, 0) is 18.9 Å². The van der Waals surface area contributed by atoms with Crippen LogP contribution in [0.4, 0.5) is 10.1 Å². The van der Waals surface area contributed by atoms with Gasteiger partial charge in [0, 0.05) is 50.4 Å². The lowest BCUT2D eigenvalue weighted by Gasteiger charge is -2.23. The predicted molar refractivity (Wildman–Crippen MR) is 102 cm³/mol. The zero-order valence-electron chi connectivity index (χ0n) is 14.9. The maximum Gasteiger partial charge on any atom is 0.341 e. The van der Waals surface area contributed by atoms with E-state index in [1.807, 2.05) is 0 Å². The number of fused-ring (bicyclic) bond motifs is 1. The molecule has 9 heteroatoms. The molecule has 1 aliphatic carbocycles. The van der Waals surface area contributed by atoms with Crippen molar-refractivity contribution < 1.29 is 24.5 Å². The van der Waals surface area contributed by atoms with Crippen LogP contribution in [0.2, 0.25) is 5.02 Å². The number of carboxylic acids is 1. The molecule has 2 aliphatic rings. The van der Waals surface area contributed by atoms with Gasteiger partial charge in [-0.1, -0.05) is 11.6 Å². The predicted octanol–water partition coefficient (Wildman–Crippen LogP) is 1.86. The second kappa shape index (κ2) is 7.02. The third kappa shape index (κ3) is 2.96. The van der Waals surface area contributed by atoms with E-state index in [-0.39, 0.29) is 47.2 Å². The lowest BCUT2D eigenvalue weighted by atomic mass is 9.98. The van der Waals surface area contributed by atoms with E-state index in [1.165, 1.54) is 6.20 Å². The van der Waals surface area contributed by atoms with E-state index in [0.29, 0.717) is 18.6 Å². The highest BCUT2D eigenvalue weighted by molar-refractivity contribution is 6.38. The van der Waals surface area contributed by atoms with E-state index >= 15 is 4.39 Å². The van der Waals surface area contributed by atoms with E-state index in [4.69, 9.17) is 11.6 Å². The van der Waals surface area contributed by atoms with Gasteiger partial charge in [0.25, 0.3) is 0 Å². The minimum atomic E-state index is -1.36. The first-order chi connectivity index (χ1) is 13.4. The fourth-order valence-electron chi connectivity index (χ4n) is 4.05. The Balaban J connectivity index is 1.93. The van der Waals surface area contributed by atoms with Crippen LogP contribution in [-0.2, 0) is 0 Å². The van der Waals surface area contributed by atoms with E-state index in [9.17, 15) is 24.9 Å². The Morgan fingerprint density at radius 2 is 1.82 bits per heavy atom. The number of rotatable bonds is 5. The molecular formula is C19H20ClFN2O5. The summed E-state index contributed by atoms with van der Waals surface area (Å²) in [6, 6.07) is 1.07. The number of aliphatic hydroxyl groups excluding tert-OH is 2. The third-order valence-corrected chi connectivity index (χ3v) is 6.07. The summed E-state index contributed by atoms with van der Waals surface area (Å²) < 4.78 is 16.7. The fourth-order valence-corrected chi connectivity index (χ4v) is 4.46. The molecule has 3 N–H and O–H groups in total. The number of aromatic carboxylic acids is 1. The van der Waals surface area contributed by atoms with Gasteiger partial charge >= 0.3 is 5.97 Å². The first kappa shape index (κ1) is 19.2. The molecule has 1 saturated heterocycles. The van der Waals surface area contributed by atoms with Gasteiger partial charge in [-0.2, -0.15) is 0 Å². The van der Waals surface area contributed by atoms with Crippen molar-refractivity contribution in [3.63, 3.8) is 0 Å². The third-order valence-electron chi connectivity index (χ3n) is 5.72. The molecule has 150 valence electrons. The molecule has 4 rings (SSSR count). The molecule has 1 aliphatic heterocycles. The summed E-state index contributed by atoms with van der Waals surface area (Å²) >= 11 is 6.58. The molecule has 1 saturated carbocycles. The van der Waals surface area contributed by atoms with Crippen molar-refractivity contribution >= 4 is 34.2 Å². The Labute approximate surface area is 164 Å². The minimum absolute atomic E-state index is 0.0194. The number of pyridine rings is 1. The van der Waals surface area contributed by atoms with Crippen molar-refractivity contribution in [3.05, 3.63) is 38.9 Å². The molecule has 0 unspecified atom stereocenters. The van der Waals surface area contributed by atoms with Gasteiger partial charge in [0.1, 0.15) is 11.4 Å². The number of hydrogen-bond acceptors (Lipinski definition) is 5. The van der Waals surface area contributed by atoms with Crippen molar-refractivity contribution in [1.82, 2.24) is 4.57 Å². The molecule has 0 radical (unpaired) electrons. The molecule has 2 atom stereocenters. The Morgan fingerprint density at radius 1 is 1.21 bits per heavy atom. The average molecular weight is 411 g/mol. The lowest BCUT2D eigenvalue weighted by molar-refractivity contribution is 0.0695. The molecular weight excluding hydrogens is 391 g/mol. The summed E-state index contributed by atoms with van der Waals surface area (Å²) in [5.41, 5.74) is -0.747. The van der Waals surface area contributed by atoms with Crippen LogP contribution in [0.15, 0.2) is 17.1 Å². The summed E-state index contributed by atoms with van der Waals surface area (Å²) in [5.74, 6) is -2.51. The second-order valence-corrected chi connectivity index (χ2v) is 7.90. The number of carboxylic acid groups (broad SMARTS) is 1. The Kier molecular flexibility index (Phi) is 4.81. The van der Waals surface area contributed by atoms with Gasteiger partial charge in [0.15, 0.2) is 0 Å². The van der Waals surface area contributed by atoms with Gasteiger partial charge in [-0.15, -0.1) is 0 Å². The molecule has 1 aromatic carbocycles. The number of nitrogens with zero attached hydrogens (tertiary/aromatic N) is 2. The van der Waals surface area contributed by atoms with Crippen molar-refractivity contribution in [2.24, 2.45) is 11.8 Å². The van der Waals surface area contributed by atoms with Crippen LogP contribution in [0.25, 0.3) is 10.9 Å². The molecule has 0 bridgehead atoms. The topological polar surface area (TPSA) is 103 Å². The van der Waals surface area contributed by atoms with Gasteiger partial charge < -0.3 is 24.8 Å². The Bertz CT molecular complexity index is 1010. The van der Waals surface area contributed by atoms with Crippen LogP contribution in [0.5, 0.6) is 0 Å². The van der Waals surface area contributed by atoms with Crippen LogP contribution in [-0.4, -0.2) is 52.2 Å². The molecule has 2 aromatic rings. The zero-order valence-corrected chi connectivity index (χ0v) is 15.7. The highest BCUT2D eigenvalue weighted by atomic mass is 35.5. The first-order valence-corrected chi connectivity index (χ1v) is 9.52. The van der Waals surface area contributed by atoms with E-state index < -0.39 is 22.8 Å². The molecule has 7 nitrogen and oxygen atoms in total. The van der Waals surface area contributed by atoms with Crippen LogP contribution in [0.3, 0.4) is 0 Å². The smallest absolute Gasteiger partial charge is 0.341 e. The van der Waals surface area contributed by atoms with Crippen molar-refractivity contribution in [2.75, 3.05) is 31.2 Å². The van der Waals surface area contributed by atoms with E-state index in [0.717, 1.165) is 18.9 Å². The van der Waals surface area contributed by atoms with Crippen LogP contribution in [0, 0.1) is 17.7 Å². The SMILES string of the molecule is O=C(O)c1cn(C2CC2)c2c(Cl)c(N3C[C@@H](CO)[C@@H](CO)C3)c(F)cc2c1=O. The average Bonchev–Trinajstić information content (AvgIpc) is 3.42. The first-order valence-electron chi connectivity index (χ1n) is 9.14. The summed E-state index contributed by atoms with van der Waals surface area (Å²) in [4.78, 5) is 25.7. The molecule has 0 spiro atoms. The summed E-state index contributed by atoms with van der Waals surface area (Å²) in [6.45, 7) is 0.377. The van der Waals surface area contributed by atoms with Crippen LogP contribution in [0.1, 0.15) is 29.2 Å². The maximum absolute atomic E-state index is 15.0. The number of aliphatic hydroxyl groups is 2. The van der Waals surface area contributed by atoms with E-state index in [2.05, 4.69) is 0 Å². The quantitative estimate of drug-likeness (QED) is 0.695. The highest BCUT2D eigenvalue weighted by Gasteiger charge is 2.36.